The Labute approximate surface area is 103 Å². The van der Waals surface area contributed by atoms with Gasteiger partial charge in [-0.3, -0.25) is 0 Å². The van der Waals surface area contributed by atoms with Gasteiger partial charge in [0.1, 0.15) is 17.7 Å². The van der Waals surface area contributed by atoms with Gasteiger partial charge in [0, 0.05) is 5.69 Å². The molecule has 90 valence electrons. The van der Waals surface area contributed by atoms with E-state index in [2.05, 4.69) is 11.4 Å². The molecule has 2 rings (SSSR count). The molecule has 0 saturated heterocycles. The molecule has 0 aliphatic carbocycles. The van der Waals surface area contributed by atoms with Gasteiger partial charge in [-0.15, -0.1) is 0 Å². The molecule has 0 saturated carbocycles. The number of nitrogens with one attached hydrogen (secondary N) is 1. The number of hydrogen-bond donors (Lipinski definition) is 1. The molecule has 0 radical (unpaired) electrons. The Bertz CT molecular complexity index is 556. The molecule has 1 atom stereocenters. The second-order valence-electron chi connectivity index (χ2n) is 3.76. The lowest BCUT2D eigenvalue weighted by Gasteiger charge is -2.13. The third kappa shape index (κ3) is 2.83. The zero-order chi connectivity index (χ0) is 13.0. The van der Waals surface area contributed by atoms with Crippen molar-refractivity contribution in [3.05, 3.63) is 65.7 Å². The van der Waals surface area contributed by atoms with Crippen molar-refractivity contribution in [3.63, 3.8) is 0 Å². The summed E-state index contributed by atoms with van der Waals surface area (Å²) in [6.45, 7) is 0. The Morgan fingerprint density at radius 3 is 1.89 bits per heavy atom. The van der Waals surface area contributed by atoms with Crippen LogP contribution in [0.25, 0.3) is 0 Å². The molecule has 2 nitrogen and oxygen atoms in total. The minimum atomic E-state index is -0.601. The largest absolute Gasteiger partial charge is 0.366 e. The van der Waals surface area contributed by atoms with Crippen molar-refractivity contribution in [2.45, 2.75) is 6.04 Å². The van der Waals surface area contributed by atoms with Crippen LogP contribution < -0.4 is 5.32 Å². The van der Waals surface area contributed by atoms with Crippen LogP contribution in [0.4, 0.5) is 14.5 Å². The molecular formula is C14H10F2N2. The van der Waals surface area contributed by atoms with Crippen LogP contribution in [0.1, 0.15) is 11.6 Å². The monoisotopic (exact) mass is 244 g/mol. The molecule has 0 aliphatic rings. The van der Waals surface area contributed by atoms with E-state index in [9.17, 15) is 8.78 Å². The predicted molar refractivity (Wildman–Crippen MR) is 64.8 cm³/mol. The average molecular weight is 244 g/mol. The minimum Gasteiger partial charge on any atom is -0.366 e. The van der Waals surface area contributed by atoms with Crippen molar-refractivity contribution >= 4 is 5.69 Å². The Kier molecular flexibility index (Phi) is 3.54. The molecule has 0 fully saturated rings. The van der Waals surface area contributed by atoms with E-state index in [1.165, 1.54) is 24.3 Å². The Hall–Kier alpha value is -2.41. The molecule has 4 heteroatoms. The van der Waals surface area contributed by atoms with Gasteiger partial charge < -0.3 is 5.32 Å². The standard InChI is InChI=1S/C14H10F2N2/c15-11-3-1-10(2-4-11)14(9-17)18-13-7-5-12(16)6-8-13/h1-8,14,18H/t14-/m1/s1. The van der Waals surface area contributed by atoms with E-state index in [0.29, 0.717) is 11.3 Å². The predicted octanol–water partition coefficient (Wildman–Crippen LogP) is 3.64. The highest BCUT2D eigenvalue weighted by Gasteiger charge is 2.10. The van der Waals surface area contributed by atoms with Crippen LogP contribution in [0, 0.1) is 23.0 Å². The molecule has 18 heavy (non-hydrogen) atoms. The second kappa shape index (κ2) is 5.28. The average Bonchev–Trinajstić information content (AvgIpc) is 2.39. The third-order valence-corrected chi connectivity index (χ3v) is 2.49. The van der Waals surface area contributed by atoms with Gasteiger partial charge in [0.05, 0.1) is 6.07 Å². The zero-order valence-electron chi connectivity index (χ0n) is 9.40. The number of anilines is 1. The number of benzene rings is 2. The van der Waals surface area contributed by atoms with Crippen LogP contribution in [0.3, 0.4) is 0 Å². The van der Waals surface area contributed by atoms with E-state index in [1.807, 2.05) is 0 Å². The van der Waals surface area contributed by atoms with E-state index in [1.54, 1.807) is 24.3 Å². The number of hydrogen-bond acceptors (Lipinski definition) is 2. The maximum absolute atomic E-state index is 12.8. The fourth-order valence-electron chi connectivity index (χ4n) is 1.56. The molecule has 0 bridgehead atoms. The summed E-state index contributed by atoms with van der Waals surface area (Å²) in [5, 5.41) is 12.0. The normalized spacial score (nSPS) is 11.6. The number of halogens is 2. The number of rotatable bonds is 3. The van der Waals surface area contributed by atoms with Crippen molar-refractivity contribution in [2.75, 3.05) is 5.32 Å². The second-order valence-corrected chi connectivity index (χ2v) is 3.76. The van der Waals surface area contributed by atoms with E-state index in [-0.39, 0.29) is 11.6 Å². The van der Waals surface area contributed by atoms with Crippen molar-refractivity contribution < 1.29 is 8.78 Å². The molecule has 0 amide bonds. The van der Waals surface area contributed by atoms with Crippen LogP contribution in [-0.2, 0) is 0 Å². The van der Waals surface area contributed by atoms with Crippen LogP contribution in [0.15, 0.2) is 48.5 Å². The lowest BCUT2D eigenvalue weighted by molar-refractivity contribution is 0.626. The highest BCUT2D eigenvalue weighted by atomic mass is 19.1. The maximum Gasteiger partial charge on any atom is 0.140 e. The molecule has 0 aromatic heterocycles. The molecule has 2 aromatic rings. The molecular weight excluding hydrogens is 234 g/mol. The number of nitrogens with zero attached hydrogens (tertiary/aromatic N) is 1. The van der Waals surface area contributed by atoms with Crippen molar-refractivity contribution in [1.29, 1.82) is 5.26 Å². The van der Waals surface area contributed by atoms with E-state index in [4.69, 9.17) is 5.26 Å². The van der Waals surface area contributed by atoms with Crippen LogP contribution in [-0.4, -0.2) is 0 Å². The van der Waals surface area contributed by atoms with Gasteiger partial charge in [-0.05, 0) is 42.0 Å². The third-order valence-electron chi connectivity index (χ3n) is 2.49. The Morgan fingerprint density at radius 2 is 1.39 bits per heavy atom. The van der Waals surface area contributed by atoms with Gasteiger partial charge in [0.25, 0.3) is 0 Å². The first-order chi connectivity index (χ1) is 8.69. The Morgan fingerprint density at radius 1 is 0.889 bits per heavy atom. The SMILES string of the molecule is N#C[C@@H](Nc1ccc(F)cc1)c1ccc(F)cc1. The molecule has 0 spiro atoms. The highest BCUT2D eigenvalue weighted by molar-refractivity contribution is 5.47. The quantitative estimate of drug-likeness (QED) is 0.894. The molecule has 2 aromatic carbocycles. The van der Waals surface area contributed by atoms with Crippen molar-refractivity contribution in [2.24, 2.45) is 0 Å². The van der Waals surface area contributed by atoms with Gasteiger partial charge in [0.2, 0.25) is 0 Å². The van der Waals surface area contributed by atoms with Gasteiger partial charge in [-0.25, -0.2) is 8.78 Å². The molecule has 0 unspecified atom stereocenters. The summed E-state index contributed by atoms with van der Waals surface area (Å²) in [7, 11) is 0. The minimum absolute atomic E-state index is 0.337. The summed E-state index contributed by atoms with van der Waals surface area (Å²) in [6.07, 6.45) is 0. The van der Waals surface area contributed by atoms with E-state index in [0.717, 1.165) is 0 Å². The topological polar surface area (TPSA) is 35.8 Å². The fourth-order valence-corrected chi connectivity index (χ4v) is 1.56. The highest BCUT2D eigenvalue weighted by Crippen LogP contribution is 2.19. The summed E-state index contributed by atoms with van der Waals surface area (Å²) in [5.41, 5.74) is 1.29. The fraction of sp³-hybridized carbons (Fsp3) is 0.0714. The van der Waals surface area contributed by atoms with E-state index >= 15 is 0 Å². The van der Waals surface area contributed by atoms with Crippen molar-refractivity contribution in [1.82, 2.24) is 0 Å². The van der Waals surface area contributed by atoms with Gasteiger partial charge in [-0.1, -0.05) is 12.1 Å². The first-order valence-electron chi connectivity index (χ1n) is 5.36. The summed E-state index contributed by atoms with van der Waals surface area (Å²) in [5.74, 6) is -0.687. The van der Waals surface area contributed by atoms with Gasteiger partial charge in [-0.2, -0.15) is 5.26 Å². The Balaban J connectivity index is 2.17. The maximum atomic E-state index is 12.8. The first-order valence-corrected chi connectivity index (χ1v) is 5.36. The van der Waals surface area contributed by atoms with E-state index < -0.39 is 6.04 Å². The summed E-state index contributed by atoms with van der Waals surface area (Å²) < 4.78 is 25.5. The first kappa shape index (κ1) is 12.1. The lowest BCUT2D eigenvalue weighted by atomic mass is 10.1. The summed E-state index contributed by atoms with van der Waals surface area (Å²) in [6, 6.07) is 12.9. The van der Waals surface area contributed by atoms with Crippen LogP contribution in [0.5, 0.6) is 0 Å². The van der Waals surface area contributed by atoms with Crippen LogP contribution in [0.2, 0.25) is 0 Å². The molecule has 0 heterocycles. The molecule has 1 N–H and O–H groups in total. The summed E-state index contributed by atoms with van der Waals surface area (Å²) in [4.78, 5) is 0. The van der Waals surface area contributed by atoms with Gasteiger partial charge in [0.15, 0.2) is 0 Å². The molecule has 0 aliphatic heterocycles. The van der Waals surface area contributed by atoms with Crippen LogP contribution >= 0.6 is 0 Å². The lowest BCUT2D eigenvalue weighted by Crippen LogP contribution is -2.08. The van der Waals surface area contributed by atoms with Crippen molar-refractivity contribution in [3.8, 4) is 6.07 Å². The zero-order valence-corrected chi connectivity index (χ0v) is 9.40. The number of nitriles is 1. The van der Waals surface area contributed by atoms with Gasteiger partial charge >= 0.3 is 0 Å². The summed E-state index contributed by atoms with van der Waals surface area (Å²) >= 11 is 0. The smallest absolute Gasteiger partial charge is 0.140 e.